The zero-order valence-corrected chi connectivity index (χ0v) is 8.82. The Morgan fingerprint density at radius 3 is 2.69 bits per heavy atom. The molecule has 1 amide bonds. The minimum absolute atomic E-state index is 0.0527. The van der Waals surface area contributed by atoms with Crippen molar-refractivity contribution in [2.24, 2.45) is 0 Å². The molecule has 0 unspecified atom stereocenters. The standard InChI is InChI=1S/C6H11BrN2O4/c1-2-13-6(10)8(5-7)3-4-9(11)12/h2-5H2,1H3. The SMILES string of the molecule is CCOC(=O)N(CBr)CC[N+](=O)[O-]. The lowest BCUT2D eigenvalue weighted by atomic mass is 10.6. The Balaban J connectivity index is 3.87. The van der Waals surface area contributed by atoms with Crippen LogP contribution in [0.1, 0.15) is 6.92 Å². The largest absolute Gasteiger partial charge is 0.450 e. The van der Waals surface area contributed by atoms with E-state index in [1.807, 2.05) is 0 Å². The lowest BCUT2D eigenvalue weighted by Gasteiger charge is -2.16. The van der Waals surface area contributed by atoms with E-state index in [2.05, 4.69) is 20.7 Å². The van der Waals surface area contributed by atoms with E-state index >= 15 is 0 Å². The number of nitro groups is 1. The average molecular weight is 255 g/mol. The fraction of sp³-hybridized carbons (Fsp3) is 0.833. The lowest BCUT2D eigenvalue weighted by Crippen LogP contribution is -2.34. The van der Waals surface area contributed by atoms with Crippen LogP contribution >= 0.6 is 15.9 Å². The molecular formula is C6H11BrN2O4. The van der Waals surface area contributed by atoms with E-state index in [0.717, 1.165) is 0 Å². The minimum atomic E-state index is -0.541. The zero-order chi connectivity index (χ0) is 10.3. The first-order valence-electron chi connectivity index (χ1n) is 3.71. The molecule has 13 heavy (non-hydrogen) atoms. The summed E-state index contributed by atoms with van der Waals surface area (Å²) in [6.07, 6.45) is -0.541. The summed E-state index contributed by atoms with van der Waals surface area (Å²) in [5, 5.41) is 10.0. The summed E-state index contributed by atoms with van der Waals surface area (Å²) in [6.45, 7) is 1.72. The van der Waals surface area contributed by atoms with Crippen LogP contribution in [-0.4, -0.2) is 41.1 Å². The first-order valence-corrected chi connectivity index (χ1v) is 4.83. The molecular weight excluding hydrogens is 244 g/mol. The van der Waals surface area contributed by atoms with Gasteiger partial charge in [-0.2, -0.15) is 0 Å². The molecule has 0 fully saturated rings. The van der Waals surface area contributed by atoms with Crippen LogP contribution in [0.5, 0.6) is 0 Å². The van der Waals surface area contributed by atoms with Gasteiger partial charge in [-0.3, -0.25) is 15.0 Å². The quantitative estimate of drug-likeness (QED) is 0.319. The fourth-order valence-electron chi connectivity index (χ4n) is 0.617. The van der Waals surface area contributed by atoms with Gasteiger partial charge in [0.15, 0.2) is 0 Å². The molecule has 0 radical (unpaired) electrons. The molecule has 0 heterocycles. The second-order valence-corrected chi connectivity index (χ2v) is 2.64. The van der Waals surface area contributed by atoms with Crippen molar-refractivity contribution in [3.63, 3.8) is 0 Å². The molecule has 0 aromatic heterocycles. The number of alkyl halides is 1. The molecule has 0 aliphatic heterocycles. The summed E-state index contributed by atoms with van der Waals surface area (Å²) in [4.78, 5) is 21.8. The van der Waals surface area contributed by atoms with Crippen molar-refractivity contribution < 1.29 is 14.5 Å². The Morgan fingerprint density at radius 2 is 2.31 bits per heavy atom. The molecule has 7 heteroatoms. The highest BCUT2D eigenvalue weighted by atomic mass is 79.9. The molecule has 0 atom stereocenters. The Labute approximate surface area is 84.1 Å². The van der Waals surface area contributed by atoms with Crippen LogP contribution in [0, 0.1) is 10.1 Å². The first-order chi connectivity index (χ1) is 6.11. The van der Waals surface area contributed by atoms with Crippen molar-refractivity contribution in [2.45, 2.75) is 6.92 Å². The Kier molecular flexibility index (Phi) is 6.21. The normalized spacial score (nSPS) is 9.38. The summed E-state index contributed by atoms with van der Waals surface area (Å²) in [7, 11) is 0. The van der Waals surface area contributed by atoms with Crippen molar-refractivity contribution >= 4 is 22.0 Å². The van der Waals surface area contributed by atoms with Crippen LogP contribution in [0.3, 0.4) is 0 Å². The summed E-state index contributed by atoms with van der Waals surface area (Å²) in [5.74, 6) is 0. The number of rotatable bonds is 5. The molecule has 0 aliphatic rings. The lowest BCUT2D eigenvalue weighted by molar-refractivity contribution is -0.479. The molecule has 0 bridgehead atoms. The smallest absolute Gasteiger partial charge is 0.410 e. The van der Waals surface area contributed by atoms with Crippen molar-refractivity contribution in [2.75, 3.05) is 25.2 Å². The number of ether oxygens (including phenoxy) is 1. The van der Waals surface area contributed by atoms with Crippen LogP contribution in [0.2, 0.25) is 0 Å². The maximum absolute atomic E-state index is 11.0. The predicted octanol–water partition coefficient (Wildman–Crippen LogP) is 1.07. The van der Waals surface area contributed by atoms with Crippen LogP contribution in [0.4, 0.5) is 4.79 Å². The summed E-state index contributed by atoms with van der Waals surface area (Å²) in [5.41, 5.74) is 0.236. The number of hydrogen-bond acceptors (Lipinski definition) is 4. The van der Waals surface area contributed by atoms with Crippen molar-refractivity contribution in [3.8, 4) is 0 Å². The number of nitrogens with zero attached hydrogens (tertiary/aromatic N) is 2. The molecule has 0 N–H and O–H groups in total. The van der Waals surface area contributed by atoms with E-state index in [-0.39, 0.29) is 25.2 Å². The van der Waals surface area contributed by atoms with Gasteiger partial charge in [-0.15, -0.1) is 0 Å². The zero-order valence-electron chi connectivity index (χ0n) is 7.23. The highest BCUT2D eigenvalue weighted by Crippen LogP contribution is 1.97. The van der Waals surface area contributed by atoms with E-state index in [1.165, 1.54) is 4.90 Å². The maximum Gasteiger partial charge on any atom is 0.410 e. The summed E-state index contributed by atoms with van der Waals surface area (Å²) < 4.78 is 4.66. The second kappa shape index (κ2) is 6.64. The number of hydrogen-bond donors (Lipinski definition) is 0. The van der Waals surface area contributed by atoms with E-state index in [4.69, 9.17) is 0 Å². The van der Waals surface area contributed by atoms with Crippen LogP contribution in [0.15, 0.2) is 0 Å². The van der Waals surface area contributed by atoms with E-state index in [9.17, 15) is 14.9 Å². The van der Waals surface area contributed by atoms with E-state index in [0.29, 0.717) is 0 Å². The topological polar surface area (TPSA) is 72.7 Å². The number of amides is 1. The molecule has 0 aromatic rings. The Morgan fingerprint density at radius 1 is 1.69 bits per heavy atom. The van der Waals surface area contributed by atoms with Gasteiger partial charge in [-0.1, -0.05) is 15.9 Å². The van der Waals surface area contributed by atoms with Crippen molar-refractivity contribution in [1.82, 2.24) is 4.90 Å². The van der Waals surface area contributed by atoms with Gasteiger partial charge in [-0.05, 0) is 6.92 Å². The van der Waals surface area contributed by atoms with Crippen LogP contribution in [0.25, 0.3) is 0 Å². The maximum atomic E-state index is 11.0. The molecule has 0 rings (SSSR count). The van der Waals surface area contributed by atoms with Gasteiger partial charge in [0.25, 0.3) is 0 Å². The minimum Gasteiger partial charge on any atom is -0.450 e. The molecule has 0 aromatic carbocycles. The van der Waals surface area contributed by atoms with E-state index < -0.39 is 11.0 Å². The number of carbonyl (C=O) groups is 1. The number of carbonyl (C=O) groups excluding carboxylic acids is 1. The van der Waals surface area contributed by atoms with Gasteiger partial charge in [0, 0.05) is 4.92 Å². The average Bonchev–Trinajstić information content (AvgIpc) is 2.05. The molecule has 0 aliphatic carbocycles. The van der Waals surface area contributed by atoms with Crippen LogP contribution < -0.4 is 0 Å². The molecule has 0 saturated carbocycles. The van der Waals surface area contributed by atoms with Gasteiger partial charge in [0.1, 0.15) is 0 Å². The van der Waals surface area contributed by atoms with Crippen molar-refractivity contribution in [3.05, 3.63) is 10.1 Å². The highest BCUT2D eigenvalue weighted by Gasteiger charge is 2.14. The predicted molar refractivity (Wildman–Crippen MR) is 49.4 cm³/mol. The number of halogens is 1. The molecule has 76 valence electrons. The third-order valence-electron chi connectivity index (χ3n) is 1.22. The van der Waals surface area contributed by atoms with Gasteiger partial charge < -0.3 is 4.74 Å². The first kappa shape index (κ1) is 12.2. The molecule has 0 spiro atoms. The highest BCUT2D eigenvalue weighted by molar-refractivity contribution is 9.09. The molecule has 0 saturated heterocycles. The Hall–Kier alpha value is -0.850. The van der Waals surface area contributed by atoms with Gasteiger partial charge in [-0.25, -0.2) is 4.79 Å². The Bertz CT molecular complexity index is 187. The third kappa shape index (κ3) is 5.40. The summed E-state index contributed by atoms with van der Waals surface area (Å²) in [6, 6.07) is 0. The fourth-order valence-corrected chi connectivity index (χ4v) is 1.07. The van der Waals surface area contributed by atoms with Gasteiger partial charge in [0.05, 0.1) is 18.6 Å². The second-order valence-electron chi connectivity index (χ2n) is 2.14. The van der Waals surface area contributed by atoms with Gasteiger partial charge >= 0.3 is 6.09 Å². The third-order valence-corrected chi connectivity index (χ3v) is 1.83. The molecule has 6 nitrogen and oxygen atoms in total. The van der Waals surface area contributed by atoms with Crippen molar-refractivity contribution in [1.29, 1.82) is 0 Å². The monoisotopic (exact) mass is 254 g/mol. The van der Waals surface area contributed by atoms with E-state index in [1.54, 1.807) is 6.92 Å². The summed E-state index contributed by atoms with van der Waals surface area (Å²) >= 11 is 3.04. The van der Waals surface area contributed by atoms with Crippen LogP contribution in [-0.2, 0) is 4.74 Å². The van der Waals surface area contributed by atoms with Gasteiger partial charge in [0.2, 0.25) is 6.54 Å².